The predicted molar refractivity (Wildman–Crippen MR) is 50.7 cm³/mol. The summed E-state index contributed by atoms with van der Waals surface area (Å²) in [6.45, 7) is 6.06. The van der Waals surface area contributed by atoms with Gasteiger partial charge in [0, 0.05) is 11.4 Å². The molecule has 13 heavy (non-hydrogen) atoms. The Kier molecular flexibility index (Phi) is 2.76. The van der Waals surface area contributed by atoms with Crippen LogP contribution in [0.1, 0.15) is 22.5 Å². The highest BCUT2D eigenvalue weighted by Crippen LogP contribution is 2.16. The number of carbonyl (C=O) groups is 1. The molecule has 0 aromatic carbocycles. The van der Waals surface area contributed by atoms with E-state index in [-0.39, 0.29) is 5.97 Å². The molecular weight excluding hydrogens is 166 g/mol. The summed E-state index contributed by atoms with van der Waals surface area (Å²) in [6, 6.07) is 0. The third-order valence-corrected chi connectivity index (χ3v) is 2.46. The molecule has 1 aromatic heterocycles. The zero-order valence-corrected chi connectivity index (χ0v) is 8.52. The first-order valence-corrected chi connectivity index (χ1v) is 4.27. The van der Waals surface area contributed by atoms with Crippen molar-refractivity contribution in [3.05, 3.63) is 22.5 Å². The molecule has 72 valence electrons. The van der Waals surface area contributed by atoms with Gasteiger partial charge in [0.2, 0.25) is 0 Å². The fourth-order valence-electron chi connectivity index (χ4n) is 1.31. The van der Waals surface area contributed by atoms with Gasteiger partial charge in [-0.05, 0) is 31.9 Å². The molecule has 1 N–H and O–H groups in total. The SMILES string of the molecule is COC(=O)Cc1[nH]c(C)c(C)c1C. The first-order valence-electron chi connectivity index (χ1n) is 4.27. The maximum absolute atomic E-state index is 11.0. The van der Waals surface area contributed by atoms with Crippen molar-refractivity contribution < 1.29 is 9.53 Å². The van der Waals surface area contributed by atoms with Crippen LogP contribution < -0.4 is 0 Å². The van der Waals surface area contributed by atoms with E-state index in [1.165, 1.54) is 12.7 Å². The van der Waals surface area contributed by atoms with E-state index in [4.69, 9.17) is 0 Å². The van der Waals surface area contributed by atoms with Crippen molar-refractivity contribution in [2.24, 2.45) is 0 Å². The Morgan fingerprint density at radius 1 is 1.31 bits per heavy atom. The molecule has 0 bridgehead atoms. The molecule has 0 aliphatic rings. The highest BCUT2D eigenvalue weighted by Gasteiger charge is 2.10. The second-order valence-corrected chi connectivity index (χ2v) is 3.23. The van der Waals surface area contributed by atoms with Crippen LogP contribution in [-0.2, 0) is 16.0 Å². The quantitative estimate of drug-likeness (QED) is 0.705. The minimum Gasteiger partial charge on any atom is -0.469 e. The molecular formula is C10H15NO2. The number of aryl methyl sites for hydroxylation is 1. The minimum atomic E-state index is -0.204. The number of aromatic amines is 1. The molecule has 3 nitrogen and oxygen atoms in total. The van der Waals surface area contributed by atoms with Gasteiger partial charge in [0.15, 0.2) is 0 Å². The summed E-state index contributed by atoms with van der Waals surface area (Å²) in [6.07, 6.45) is 0.330. The Morgan fingerprint density at radius 2 is 1.92 bits per heavy atom. The molecule has 0 atom stereocenters. The fraction of sp³-hybridized carbons (Fsp3) is 0.500. The van der Waals surface area contributed by atoms with Gasteiger partial charge in [-0.2, -0.15) is 0 Å². The number of hydrogen-bond acceptors (Lipinski definition) is 2. The predicted octanol–water partition coefficient (Wildman–Crippen LogP) is 1.66. The standard InChI is InChI=1S/C10H15NO2/c1-6-7(2)9(11-8(6)3)5-10(12)13-4/h11H,5H2,1-4H3. The van der Waals surface area contributed by atoms with Crippen LogP contribution in [0.15, 0.2) is 0 Å². The molecule has 1 rings (SSSR count). The number of hydrogen-bond donors (Lipinski definition) is 1. The van der Waals surface area contributed by atoms with Gasteiger partial charge in [-0.15, -0.1) is 0 Å². The molecule has 0 fully saturated rings. The van der Waals surface area contributed by atoms with Crippen molar-refractivity contribution in [2.45, 2.75) is 27.2 Å². The van der Waals surface area contributed by atoms with Crippen LogP contribution in [0.5, 0.6) is 0 Å². The number of methoxy groups -OCH3 is 1. The highest BCUT2D eigenvalue weighted by molar-refractivity contribution is 5.72. The second-order valence-electron chi connectivity index (χ2n) is 3.23. The second kappa shape index (κ2) is 3.64. The van der Waals surface area contributed by atoms with E-state index in [0.717, 1.165) is 17.0 Å². The topological polar surface area (TPSA) is 42.1 Å². The Hall–Kier alpha value is -1.25. The van der Waals surface area contributed by atoms with E-state index in [1.807, 2.05) is 20.8 Å². The maximum Gasteiger partial charge on any atom is 0.311 e. The van der Waals surface area contributed by atoms with Crippen LogP contribution in [0.2, 0.25) is 0 Å². The number of ether oxygens (including phenoxy) is 1. The summed E-state index contributed by atoms with van der Waals surface area (Å²) in [5.41, 5.74) is 4.46. The lowest BCUT2D eigenvalue weighted by molar-refractivity contribution is -0.139. The Balaban J connectivity index is 2.90. The van der Waals surface area contributed by atoms with Crippen molar-refractivity contribution in [1.82, 2.24) is 4.98 Å². The lowest BCUT2D eigenvalue weighted by Crippen LogP contribution is -2.05. The summed E-state index contributed by atoms with van der Waals surface area (Å²) in [4.78, 5) is 14.2. The van der Waals surface area contributed by atoms with Crippen LogP contribution in [0, 0.1) is 20.8 Å². The lowest BCUT2D eigenvalue weighted by atomic mass is 10.1. The molecule has 0 radical (unpaired) electrons. The Bertz CT molecular complexity index is 326. The monoisotopic (exact) mass is 181 g/mol. The van der Waals surface area contributed by atoms with E-state index in [1.54, 1.807) is 0 Å². The van der Waals surface area contributed by atoms with Gasteiger partial charge in [0.05, 0.1) is 13.5 Å². The number of esters is 1. The van der Waals surface area contributed by atoms with Gasteiger partial charge in [-0.1, -0.05) is 0 Å². The van der Waals surface area contributed by atoms with Crippen molar-refractivity contribution in [2.75, 3.05) is 7.11 Å². The van der Waals surface area contributed by atoms with Crippen LogP contribution in [0.4, 0.5) is 0 Å². The molecule has 0 unspecified atom stereocenters. The van der Waals surface area contributed by atoms with E-state index in [0.29, 0.717) is 6.42 Å². The minimum absolute atomic E-state index is 0.204. The van der Waals surface area contributed by atoms with Crippen LogP contribution >= 0.6 is 0 Å². The largest absolute Gasteiger partial charge is 0.469 e. The average Bonchev–Trinajstić information content (AvgIpc) is 2.34. The molecule has 0 aliphatic carbocycles. The van der Waals surface area contributed by atoms with Gasteiger partial charge < -0.3 is 9.72 Å². The summed E-state index contributed by atoms with van der Waals surface area (Å²) in [7, 11) is 1.40. The van der Waals surface area contributed by atoms with Crippen molar-refractivity contribution >= 4 is 5.97 Å². The molecule has 3 heteroatoms. The Labute approximate surface area is 78.1 Å². The van der Waals surface area contributed by atoms with E-state index in [2.05, 4.69) is 9.72 Å². The first-order chi connectivity index (χ1) is 6.06. The van der Waals surface area contributed by atoms with Crippen LogP contribution in [0.25, 0.3) is 0 Å². The smallest absolute Gasteiger partial charge is 0.311 e. The average molecular weight is 181 g/mol. The highest BCUT2D eigenvalue weighted by atomic mass is 16.5. The molecule has 0 saturated heterocycles. The molecule has 1 heterocycles. The number of H-pyrrole nitrogens is 1. The summed E-state index contributed by atoms with van der Waals surface area (Å²) in [5, 5.41) is 0. The third-order valence-electron chi connectivity index (χ3n) is 2.46. The van der Waals surface area contributed by atoms with Crippen molar-refractivity contribution in [3.8, 4) is 0 Å². The molecule has 0 amide bonds. The normalized spacial score (nSPS) is 10.2. The lowest BCUT2D eigenvalue weighted by Gasteiger charge is -1.98. The first kappa shape index (κ1) is 9.84. The maximum atomic E-state index is 11.0. The fourth-order valence-corrected chi connectivity index (χ4v) is 1.31. The van der Waals surface area contributed by atoms with E-state index < -0.39 is 0 Å². The van der Waals surface area contributed by atoms with Crippen LogP contribution in [0.3, 0.4) is 0 Å². The van der Waals surface area contributed by atoms with Crippen LogP contribution in [-0.4, -0.2) is 18.1 Å². The van der Waals surface area contributed by atoms with Gasteiger partial charge in [-0.25, -0.2) is 0 Å². The zero-order valence-electron chi connectivity index (χ0n) is 8.52. The summed E-state index contributed by atoms with van der Waals surface area (Å²) in [5.74, 6) is -0.204. The molecule has 1 aromatic rings. The van der Waals surface area contributed by atoms with E-state index >= 15 is 0 Å². The van der Waals surface area contributed by atoms with Gasteiger partial charge >= 0.3 is 5.97 Å². The number of nitrogens with one attached hydrogen (secondary N) is 1. The van der Waals surface area contributed by atoms with Gasteiger partial charge in [0.1, 0.15) is 0 Å². The van der Waals surface area contributed by atoms with Crippen molar-refractivity contribution in [3.63, 3.8) is 0 Å². The number of aromatic nitrogens is 1. The third kappa shape index (κ3) is 1.91. The van der Waals surface area contributed by atoms with Gasteiger partial charge in [0.25, 0.3) is 0 Å². The summed E-state index contributed by atoms with van der Waals surface area (Å²) >= 11 is 0. The molecule has 0 spiro atoms. The molecule has 0 saturated carbocycles. The zero-order chi connectivity index (χ0) is 10.0. The Morgan fingerprint density at radius 3 is 2.31 bits per heavy atom. The number of rotatable bonds is 2. The van der Waals surface area contributed by atoms with E-state index in [9.17, 15) is 4.79 Å². The number of carbonyl (C=O) groups excluding carboxylic acids is 1. The summed E-state index contributed by atoms with van der Waals surface area (Å²) < 4.78 is 4.60. The van der Waals surface area contributed by atoms with Gasteiger partial charge in [-0.3, -0.25) is 4.79 Å². The van der Waals surface area contributed by atoms with Crippen molar-refractivity contribution in [1.29, 1.82) is 0 Å². The molecule has 0 aliphatic heterocycles.